The van der Waals surface area contributed by atoms with Crippen molar-refractivity contribution in [3.05, 3.63) is 65.4 Å². The van der Waals surface area contributed by atoms with Crippen molar-refractivity contribution in [2.75, 3.05) is 11.9 Å². The van der Waals surface area contributed by atoms with E-state index in [-0.39, 0.29) is 17.7 Å². The minimum absolute atomic E-state index is 0.0326. The average molecular weight is 373 g/mol. The SMILES string of the molecule is NC1=NC=C(c2ccc3c(c2)NC(=O)CO3)C(c2ccc(F)cc2F)S1. The highest BCUT2D eigenvalue weighted by Gasteiger charge is 2.27. The monoisotopic (exact) mass is 373 g/mol. The topological polar surface area (TPSA) is 76.7 Å². The molecule has 0 aromatic heterocycles. The van der Waals surface area contributed by atoms with Crippen LogP contribution in [0, 0.1) is 11.6 Å². The molecule has 2 aromatic carbocycles. The van der Waals surface area contributed by atoms with Gasteiger partial charge in [0.2, 0.25) is 0 Å². The highest BCUT2D eigenvalue weighted by molar-refractivity contribution is 8.14. The Hall–Kier alpha value is -2.87. The molecule has 8 heteroatoms. The molecule has 1 unspecified atom stereocenters. The number of hydrogen-bond acceptors (Lipinski definition) is 5. The predicted molar refractivity (Wildman–Crippen MR) is 96.9 cm³/mol. The van der Waals surface area contributed by atoms with E-state index < -0.39 is 16.9 Å². The number of anilines is 1. The van der Waals surface area contributed by atoms with E-state index in [4.69, 9.17) is 10.5 Å². The maximum atomic E-state index is 14.3. The van der Waals surface area contributed by atoms with Gasteiger partial charge < -0.3 is 15.8 Å². The number of carbonyl (C=O) groups excluding carboxylic acids is 1. The molecule has 0 fully saturated rings. The minimum Gasteiger partial charge on any atom is -0.482 e. The highest BCUT2D eigenvalue weighted by atomic mass is 32.2. The third kappa shape index (κ3) is 3.03. The van der Waals surface area contributed by atoms with E-state index in [0.29, 0.717) is 22.6 Å². The van der Waals surface area contributed by atoms with Gasteiger partial charge in [0.05, 0.1) is 10.9 Å². The number of carbonyl (C=O) groups is 1. The van der Waals surface area contributed by atoms with Crippen LogP contribution in [-0.4, -0.2) is 17.7 Å². The first-order chi connectivity index (χ1) is 12.5. The molecule has 0 saturated heterocycles. The van der Waals surface area contributed by atoms with Crippen molar-refractivity contribution in [1.82, 2.24) is 0 Å². The second-order valence-corrected chi connectivity index (χ2v) is 6.89. The van der Waals surface area contributed by atoms with Crippen LogP contribution in [0.25, 0.3) is 5.57 Å². The van der Waals surface area contributed by atoms with E-state index in [9.17, 15) is 13.6 Å². The van der Waals surface area contributed by atoms with Crippen LogP contribution in [0.4, 0.5) is 14.5 Å². The zero-order chi connectivity index (χ0) is 18.3. The zero-order valence-electron chi connectivity index (χ0n) is 13.3. The van der Waals surface area contributed by atoms with Crippen molar-refractivity contribution in [2.24, 2.45) is 10.7 Å². The number of benzene rings is 2. The molecule has 2 aromatic rings. The number of nitrogens with zero attached hydrogens (tertiary/aromatic N) is 1. The molecule has 0 radical (unpaired) electrons. The molecule has 0 saturated carbocycles. The summed E-state index contributed by atoms with van der Waals surface area (Å²) in [7, 11) is 0. The number of halogens is 2. The van der Waals surface area contributed by atoms with Gasteiger partial charge in [-0.15, -0.1) is 0 Å². The van der Waals surface area contributed by atoms with Crippen LogP contribution in [0.15, 0.2) is 47.6 Å². The lowest BCUT2D eigenvalue weighted by atomic mass is 9.97. The van der Waals surface area contributed by atoms with Gasteiger partial charge >= 0.3 is 0 Å². The number of thioether (sulfide) groups is 1. The lowest BCUT2D eigenvalue weighted by molar-refractivity contribution is -0.118. The number of nitrogens with one attached hydrogen (secondary N) is 1. The van der Waals surface area contributed by atoms with Crippen molar-refractivity contribution in [1.29, 1.82) is 0 Å². The van der Waals surface area contributed by atoms with Crippen LogP contribution in [-0.2, 0) is 4.79 Å². The Balaban J connectivity index is 1.77. The number of rotatable bonds is 2. The van der Waals surface area contributed by atoms with Crippen LogP contribution >= 0.6 is 11.8 Å². The van der Waals surface area contributed by atoms with Gasteiger partial charge in [-0.25, -0.2) is 13.8 Å². The maximum absolute atomic E-state index is 14.3. The molecule has 3 N–H and O–H groups in total. The first kappa shape index (κ1) is 16.6. The lowest BCUT2D eigenvalue weighted by Gasteiger charge is -2.25. The van der Waals surface area contributed by atoms with Crippen LogP contribution in [0.1, 0.15) is 16.4 Å². The Bertz CT molecular complexity index is 975. The highest BCUT2D eigenvalue weighted by Crippen LogP contribution is 2.45. The smallest absolute Gasteiger partial charge is 0.262 e. The summed E-state index contributed by atoms with van der Waals surface area (Å²) in [5.41, 5.74) is 8.06. The van der Waals surface area contributed by atoms with E-state index in [2.05, 4.69) is 10.3 Å². The summed E-state index contributed by atoms with van der Waals surface area (Å²) in [5, 5.41) is 2.53. The summed E-state index contributed by atoms with van der Waals surface area (Å²) in [6, 6.07) is 8.72. The molecule has 26 heavy (non-hydrogen) atoms. The van der Waals surface area contributed by atoms with Crippen LogP contribution < -0.4 is 15.8 Å². The molecule has 1 amide bonds. The first-order valence-electron chi connectivity index (χ1n) is 7.73. The maximum Gasteiger partial charge on any atom is 0.262 e. The number of aliphatic imine (C=N–C) groups is 1. The number of amides is 1. The Labute approximate surface area is 151 Å². The summed E-state index contributed by atoms with van der Waals surface area (Å²) < 4.78 is 33.0. The minimum atomic E-state index is -0.655. The van der Waals surface area contributed by atoms with Crippen molar-refractivity contribution < 1.29 is 18.3 Å². The molecular formula is C18H13F2N3O2S. The van der Waals surface area contributed by atoms with Gasteiger partial charge in [0.1, 0.15) is 17.4 Å². The van der Waals surface area contributed by atoms with Crippen LogP contribution in [0.3, 0.4) is 0 Å². The van der Waals surface area contributed by atoms with Gasteiger partial charge in [-0.05, 0) is 29.3 Å². The summed E-state index contributed by atoms with van der Waals surface area (Å²) >= 11 is 1.18. The van der Waals surface area contributed by atoms with E-state index in [1.54, 1.807) is 24.4 Å². The van der Waals surface area contributed by atoms with Gasteiger partial charge in [0.15, 0.2) is 11.8 Å². The van der Waals surface area contributed by atoms with Gasteiger partial charge in [-0.3, -0.25) is 4.79 Å². The summed E-state index contributed by atoms with van der Waals surface area (Å²) in [6.07, 6.45) is 1.56. The second kappa shape index (κ2) is 6.45. The number of amidine groups is 1. The fraction of sp³-hybridized carbons (Fsp3) is 0.111. The van der Waals surface area contributed by atoms with Crippen molar-refractivity contribution in [2.45, 2.75) is 5.25 Å². The summed E-state index contributed by atoms with van der Waals surface area (Å²) in [5.74, 6) is -0.986. The number of hydrogen-bond donors (Lipinski definition) is 2. The second-order valence-electron chi connectivity index (χ2n) is 5.76. The van der Waals surface area contributed by atoms with E-state index in [1.165, 1.54) is 23.9 Å². The quantitative estimate of drug-likeness (QED) is 0.846. The number of nitrogens with two attached hydrogens (primary N) is 1. The molecule has 0 spiro atoms. The Morgan fingerprint density at radius 1 is 1.23 bits per heavy atom. The predicted octanol–water partition coefficient (Wildman–Crippen LogP) is 3.44. The third-order valence-electron chi connectivity index (χ3n) is 4.04. The molecule has 2 aliphatic heterocycles. The third-order valence-corrected chi connectivity index (χ3v) is 5.13. The van der Waals surface area contributed by atoms with Gasteiger partial charge in [0, 0.05) is 17.8 Å². The Morgan fingerprint density at radius 2 is 2.08 bits per heavy atom. The van der Waals surface area contributed by atoms with E-state index in [1.807, 2.05) is 0 Å². The number of ether oxygens (including phenoxy) is 1. The number of fused-ring (bicyclic) bond motifs is 1. The van der Waals surface area contributed by atoms with Crippen molar-refractivity contribution in [3.63, 3.8) is 0 Å². The van der Waals surface area contributed by atoms with Crippen molar-refractivity contribution >= 4 is 34.1 Å². The first-order valence-corrected chi connectivity index (χ1v) is 8.61. The fourth-order valence-electron chi connectivity index (χ4n) is 2.85. The van der Waals surface area contributed by atoms with Gasteiger partial charge in [-0.1, -0.05) is 23.9 Å². The standard InChI is InChI=1S/C18H13F2N3O2S/c19-10-2-3-11(13(20)6-10)17-12(7-22-18(21)26-17)9-1-4-15-14(5-9)23-16(24)8-25-15/h1-7,17H,8H2,(H2,21,22)(H,23,24). The molecular weight excluding hydrogens is 360 g/mol. The molecule has 132 valence electrons. The van der Waals surface area contributed by atoms with E-state index in [0.717, 1.165) is 11.6 Å². The normalized spacial score (nSPS) is 19.0. The molecule has 0 bridgehead atoms. The molecule has 0 aliphatic carbocycles. The van der Waals surface area contributed by atoms with Crippen LogP contribution in [0.5, 0.6) is 5.75 Å². The molecule has 2 heterocycles. The van der Waals surface area contributed by atoms with E-state index >= 15 is 0 Å². The summed E-state index contributed by atoms with van der Waals surface area (Å²) in [6.45, 7) is -0.0326. The average Bonchev–Trinajstić information content (AvgIpc) is 2.61. The van der Waals surface area contributed by atoms with Crippen LogP contribution in [0.2, 0.25) is 0 Å². The zero-order valence-corrected chi connectivity index (χ0v) is 14.1. The lowest BCUT2D eigenvalue weighted by Crippen LogP contribution is -2.25. The van der Waals surface area contributed by atoms with Crippen molar-refractivity contribution in [3.8, 4) is 5.75 Å². The summed E-state index contributed by atoms with van der Waals surface area (Å²) in [4.78, 5) is 15.7. The Morgan fingerprint density at radius 3 is 2.88 bits per heavy atom. The molecule has 4 rings (SSSR count). The molecule has 2 aliphatic rings. The Kier molecular flexibility index (Phi) is 4.12. The molecule has 5 nitrogen and oxygen atoms in total. The fourth-order valence-corrected chi connectivity index (χ4v) is 3.85. The molecule has 1 atom stereocenters. The van der Waals surface area contributed by atoms with Gasteiger partial charge in [-0.2, -0.15) is 0 Å². The van der Waals surface area contributed by atoms with Gasteiger partial charge in [0.25, 0.3) is 5.91 Å². The largest absolute Gasteiger partial charge is 0.482 e.